The second-order valence-electron chi connectivity index (χ2n) is 11.2. The van der Waals surface area contributed by atoms with Crippen LogP contribution in [0.15, 0.2) is 96.1 Å². The van der Waals surface area contributed by atoms with Gasteiger partial charge in [0.05, 0.1) is 13.9 Å². The Morgan fingerprint density at radius 2 is 0.915 bits per heavy atom. The van der Waals surface area contributed by atoms with E-state index in [0.29, 0.717) is 39.0 Å². The predicted molar refractivity (Wildman–Crippen MR) is 193 cm³/mol. The summed E-state index contributed by atoms with van der Waals surface area (Å²) >= 11 is 4.75. The maximum atomic E-state index is 13.1. The van der Waals surface area contributed by atoms with E-state index in [1.54, 1.807) is 84.9 Å². The van der Waals surface area contributed by atoms with Crippen LogP contribution in [-0.4, -0.2) is 23.1 Å². The van der Waals surface area contributed by atoms with Gasteiger partial charge in [0, 0.05) is 74.9 Å². The fourth-order valence-electron chi connectivity index (χ4n) is 6.12. The first kappa shape index (κ1) is 21.3. The van der Waals surface area contributed by atoms with Gasteiger partial charge >= 0.3 is 0 Å². The van der Waals surface area contributed by atoms with Crippen molar-refractivity contribution in [2.24, 2.45) is 0 Å². The normalized spacial score (nSPS) is 18.7. The van der Waals surface area contributed by atoms with Crippen molar-refractivity contribution in [3.8, 4) is 29.3 Å². The lowest BCUT2D eigenvalue weighted by atomic mass is 9.84. The van der Waals surface area contributed by atoms with Gasteiger partial charge in [-0.15, -0.1) is 45.3 Å². The maximum absolute atomic E-state index is 13.1. The molecule has 3 aliphatic carbocycles. The molecule has 0 saturated heterocycles. The summed E-state index contributed by atoms with van der Waals surface area (Å²) in [6.45, 7) is -6.02. The minimum atomic E-state index is -3.01. The van der Waals surface area contributed by atoms with Crippen LogP contribution in [0.2, 0.25) is 0 Å². The predicted octanol–water partition coefficient (Wildman–Crippen LogP) is 10.5. The van der Waals surface area contributed by atoms with Crippen molar-refractivity contribution in [1.29, 1.82) is 0 Å². The Kier molecular flexibility index (Phi) is 4.62. The molecule has 226 valence electrons. The van der Waals surface area contributed by atoms with Gasteiger partial charge in [0.2, 0.25) is 0 Å². The average Bonchev–Trinajstić information content (AvgIpc) is 3.99. The smallest absolute Gasteiger partial charge is 0.197 e. The molecule has 0 unspecified atom stereocenters. The molecule has 0 fully saturated rings. The highest BCUT2D eigenvalue weighted by molar-refractivity contribution is 7.29. The van der Waals surface area contributed by atoms with Gasteiger partial charge in [-0.1, -0.05) is 62.2 Å². The third-order valence-corrected chi connectivity index (χ3v) is 13.2. The second kappa shape index (κ2) is 10.2. The summed E-state index contributed by atoms with van der Waals surface area (Å²) in [5.74, 6) is -2.07. The highest BCUT2D eigenvalue weighted by atomic mass is 32.1. The zero-order valence-electron chi connectivity index (χ0n) is 31.8. The average molecular weight is 691 g/mol. The van der Waals surface area contributed by atoms with Crippen molar-refractivity contribution in [2.45, 2.75) is 19.1 Å². The lowest BCUT2D eigenvalue weighted by molar-refractivity contribution is 0.0975. The summed E-state index contributed by atoms with van der Waals surface area (Å²) in [6.07, 6.45) is 0. The minimum absolute atomic E-state index is 0.152. The van der Waals surface area contributed by atoms with Crippen molar-refractivity contribution >= 4 is 80.6 Å². The summed E-state index contributed by atoms with van der Waals surface area (Å²) < 4.78 is 69.9. The van der Waals surface area contributed by atoms with E-state index in [4.69, 9.17) is 11.0 Å². The largest absolute Gasteiger partial charge is 0.288 e. The van der Waals surface area contributed by atoms with Gasteiger partial charge in [-0.3, -0.25) is 19.2 Å². The molecule has 0 aliphatic heterocycles. The summed E-state index contributed by atoms with van der Waals surface area (Å²) in [5, 5.41) is 0. The first-order valence-electron chi connectivity index (χ1n) is 18.3. The molecule has 0 radical (unpaired) electrons. The Bertz CT molecular complexity index is 2540. The molecule has 0 saturated carbocycles. The number of ketones is 4. The van der Waals surface area contributed by atoms with Gasteiger partial charge in [-0.2, -0.15) is 0 Å². The van der Waals surface area contributed by atoms with Crippen LogP contribution in [0.25, 0.3) is 41.4 Å². The number of benzene rings is 2. The van der Waals surface area contributed by atoms with E-state index in [2.05, 4.69) is 0 Å². The molecular weight excluding hydrogens is 661 g/mol. The van der Waals surface area contributed by atoms with Crippen LogP contribution >= 0.6 is 45.3 Å². The zero-order valence-corrected chi connectivity index (χ0v) is 27.1. The van der Waals surface area contributed by atoms with Gasteiger partial charge < -0.3 is 0 Å². The molecule has 0 spiro atoms. The number of allylic oxidation sites excluding steroid dienone is 2. The van der Waals surface area contributed by atoms with Crippen LogP contribution in [0, 0.1) is 0 Å². The Labute approximate surface area is 297 Å². The summed E-state index contributed by atoms with van der Waals surface area (Å²) in [5.41, 5.74) is -1.53. The number of Topliss-reactive ketones (excluding diaryl/α,β-unsaturated/α-hetero) is 4. The standard InChI is InChI=1S/C39H22O4S4/c1-39(2)27-17-31(29-13-11-19(44-29)15-25-33(40)21-7-3-4-8-22(21)34(25)41)46-37(27)38-28(39)18-32(47-38)30-14-12-20(45-30)16-26-35(42)23-9-5-6-10-24(23)36(26)43/h3-18H,1-2H3/i1D3,2D3,15D,16D. The van der Waals surface area contributed by atoms with Crippen molar-refractivity contribution in [2.75, 3.05) is 0 Å². The Hall–Kier alpha value is -4.60. The number of rotatable bonds is 4. The third kappa shape index (κ3) is 4.22. The minimum Gasteiger partial charge on any atom is -0.288 e. The van der Waals surface area contributed by atoms with Gasteiger partial charge in [-0.25, -0.2) is 0 Å². The first-order chi connectivity index (χ1) is 26.0. The van der Waals surface area contributed by atoms with Crippen LogP contribution < -0.4 is 0 Å². The van der Waals surface area contributed by atoms with Crippen LogP contribution in [0.4, 0.5) is 0 Å². The fourth-order valence-corrected chi connectivity index (χ4v) is 10.7. The molecule has 8 heteroatoms. The van der Waals surface area contributed by atoms with E-state index in [1.165, 1.54) is 22.7 Å². The van der Waals surface area contributed by atoms with Crippen molar-refractivity contribution < 1.29 is 30.1 Å². The molecule has 6 aromatic rings. The quantitative estimate of drug-likeness (QED) is 0.136. The summed E-state index contributed by atoms with van der Waals surface area (Å²) in [4.78, 5) is 56.5. The zero-order chi connectivity index (χ0) is 38.9. The van der Waals surface area contributed by atoms with Crippen molar-refractivity contribution in [3.63, 3.8) is 0 Å². The monoisotopic (exact) mass is 690 g/mol. The second-order valence-corrected chi connectivity index (χ2v) is 15.5. The van der Waals surface area contributed by atoms with E-state index >= 15 is 0 Å². The lowest BCUT2D eigenvalue weighted by Gasteiger charge is -2.19. The third-order valence-electron chi connectivity index (χ3n) is 8.41. The number of carbonyl (C=O) groups is 4. The highest BCUT2D eigenvalue weighted by Crippen LogP contribution is 2.58. The highest BCUT2D eigenvalue weighted by Gasteiger charge is 2.40. The van der Waals surface area contributed by atoms with Crippen LogP contribution in [0.5, 0.6) is 0 Å². The molecule has 4 heterocycles. The topological polar surface area (TPSA) is 68.3 Å². The van der Waals surface area contributed by atoms with E-state index < -0.39 is 42.3 Å². The molecule has 47 heavy (non-hydrogen) atoms. The first-order valence-corrected chi connectivity index (χ1v) is 17.6. The molecule has 3 aliphatic rings. The molecule has 4 nitrogen and oxygen atoms in total. The van der Waals surface area contributed by atoms with E-state index in [1.807, 2.05) is 0 Å². The number of hydrogen-bond donors (Lipinski definition) is 0. The van der Waals surface area contributed by atoms with Gasteiger partial charge in [0.15, 0.2) is 23.1 Å². The van der Waals surface area contributed by atoms with Crippen LogP contribution in [-0.2, 0) is 5.41 Å². The molecule has 9 rings (SSSR count). The van der Waals surface area contributed by atoms with E-state index in [0.717, 1.165) is 22.7 Å². The molecule has 0 atom stereocenters. The lowest BCUT2D eigenvalue weighted by Crippen LogP contribution is -2.13. The summed E-state index contributed by atoms with van der Waals surface area (Å²) in [7, 11) is 0. The number of fused-ring (bicyclic) bond motifs is 5. The van der Waals surface area contributed by atoms with E-state index in [9.17, 15) is 19.2 Å². The molecular formula is C39H22O4S4. The molecule has 0 bridgehead atoms. The summed E-state index contributed by atoms with van der Waals surface area (Å²) in [6, 6.07) is 22.2. The maximum Gasteiger partial charge on any atom is 0.197 e. The van der Waals surface area contributed by atoms with Crippen LogP contribution in [0.3, 0.4) is 0 Å². The molecule has 0 amide bonds. The molecule has 0 N–H and O–H groups in total. The molecule has 2 aromatic carbocycles. The molecule has 4 aromatic heterocycles. The SMILES string of the molecule is [2H]C(=C1C(=O)c2ccccc2C1=O)c1ccc(-c2cc3c(s2)-c2sc(-c4ccc(C([2H])=C5C(=O)c6ccccc6C5=O)s4)cc2C3(C([2H])([2H])[2H])C([2H])([2H])[2H])s1. The van der Waals surface area contributed by atoms with Gasteiger partial charge in [0.25, 0.3) is 0 Å². The Morgan fingerprint density at radius 1 is 0.532 bits per heavy atom. The van der Waals surface area contributed by atoms with Crippen LogP contribution in [0.1, 0.15) is 87.0 Å². The van der Waals surface area contributed by atoms with E-state index in [-0.39, 0.29) is 56.6 Å². The Morgan fingerprint density at radius 3 is 1.28 bits per heavy atom. The van der Waals surface area contributed by atoms with Crippen molar-refractivity contribution in [3.05, 3.63) is 139 Å². The fraction of sp³-hybridized carbons (Fsp3) is 0.0769. The number of carbonyl (C=O) groups excluding carboxylic acids is 4. The van der Waals surface area contributed by atoms with Crippen molar-refractivity contribution in [1.82, 2.24) is 0 Å². The van der Waals surface area contributed by atoms with Gasteiger partial charge in [0.1, 0.15) is 0 Å². The Balaban J connectivity index is 1.12. The number of hydrogen-bond acceptors (Lipinski definition) is 8. The van der Waals surface area contributed by atoms with Gasteiger partial charge in [-0.05, 0) is 59.6 Å². The number of thiophene rings is 4.